The van der Waals surface area contributed by atoms with E-state index in [-0.39, 0.29) is 30.1 Å². The van der Waals surface area contributed by atoms with E-state index in [0.29, 0.717) is 43.1 Å². The molecule has 3 rings (SSSR count). The number of pyridine rings is 1. The fourth-order valence-electron chi connectivity index (χ4n) is 3.29. The zero-order chi connectivity index (χ0) is 20.8. The van der Waals surface area contributed by atoms with Gasteiger partial charge in [0.15, 0.2) is 0 Å². The molecule has 2 amide bonds. The quantitative estimate of drug-likeness (QED) is 0.811. The molecule has 154 valence electrons. The maximum atomic E-state index is 12.7. The van der Waals surface area contributed by atoms with Gasteiger partial charge in [0.05, 0.1) is 18.7 Å². The first-order valence-electron chi connectivity index (χ1n) is 9.64. The van der Waals surface area contributed by atoms with Crippen molar-refractivity contribution < 1.29 is 14.3 Å². The van der Waals surface area contributed by atoms with E-state index in [1.54, 1.807) is 24.1 Å². The molecular formula is C21H24ClN3O4. The predicted molar refractivity (Wildman–Crippen MR) is 110 cm³/mol. The summed E-state index contributed by atoms with van der Waals surface area (Å²) < 4.78 is 6.48. The first kappa shape index (κ1) is 20.9. The number of carbonyl (C=O) groups is 2. The van der Waals surface area contributed by atoms with Crippen molar-refractivity contribution in [3.63, 3.8) is 0 Å². The molecule has 2 aromatic rings. The van der Waals surface area contributed by atoms with E-state index < -0.39 is 0 Å². The van der Waals surface area contributed by atoms with E-state index in [9.17, 15) is 14.4 Å². The molecule has 1 aromatic carbocycles. The third-order valence-electron chi connectivity index (χ3n) is 4.90. The molecule has 2 heterocycles. The van der Waals surface area contributed by atoms with E-state index in [0.717, 1.165) is 5.56 Å². The highest BCUT2D eigenvalue weighted by Crippen LogP contribution is 2.16. The Morgan fingerprint density at radius 1 is 1.17 bits per heavy atom. The Labute approximate surface area is 174 Å². The summed E-state index contributed by atoms with van der Waals surface area (Å²) in [5, 5.41) is 3.56. The number of piperidine rings is 1. The molecule has 1 aromatic heterocycles. The Bertz CT molecular complexity index is 936. The number of hydrogen-bond acceptors (Lipinski definition) is 4. The lowest BCUT2D eigenvalue weighted by atomic mass is 10.0. The number of benzene rings is 1. The van der Waals surface area contributed by atoms with Gasteiger partial charge in [-0.15, -0.1) is 0 Å². The van der Waals surface area contributed by atoms with Crippen molar-refractivity contribution in [3.05, 3.63) is 69.1 Å². The third kappa shape index (κ3) is 5.38. The molecule has 1 N–H and O–H groups in total. The minimum atomic E-state index is -0.316. The Morgan fingerprint density at radius 3 is 2.59 bits per heavy atom. The topological polar surface area (TPSA) is 80.6 Å². The third-order valence-corrected chi connectivity index (χ3v) is 5.27. The second kappa shape index (κ2) is 9.60. The maximum absolute atomic E-state index is 12.7. The Balaban J connectivity index is 1.62. The minimum Gasteiger partial charge on any atom is -0.450 e. The second-order valence-corrected chi connectivity index (χ2v) is 7.32. The molecule has 0 bridgehead atoms. The number of carbonyl (C=O) groups excluding carboxylic acids is 2. The lowest BCUT2D eigenvalue weighted by Crippen LogP contribution is -2.46. The number of aromatic nitrogens is 1. The molecule has 0 spiro atoms. The number of nitrogens with zero attached hydrogens (tertiary/aromatic N) is 2. The zero-order valence-corrected chi connectivity index (χ0v) is 17.0. The summed E-state index contributed by atoms with van der Waals surface area (Å²) in [6.45, 7) is 3.48. The van der Waals surface area contributed by atoms with Crippen molar-refractivity contribution in [2.45, 2.75) is 32.4 Å². The molecule has 1 aliphatic heterocycles. The number of amides is 2. The SMILES string of the molecule is CCOC(=O)N1CCC(NC(=O)c2ccc(=O)n(Cc3ccccc3Cl)c2)CC1. The fraction of sp³-hybridized carbons (Fsp3) is 0.381. The Hall–Kier alpha value is -2.80. The molecule has 29 heavy (non-hydrogen) atoms. The van der Waals surface area contributed by atoms with Crippen molar-refractivity contribution in [1.82, 2.24) is 14.8 Å². The molecule has 0 saturated carbocycles. The summed E-state index contributed by atoms with van der Waals surface area (Å²) in [7, 11) is 0. The lowest BCUT2D eigenvalue weighted by Gasteiger charge is -2.31. The number of ether oxygens (including phenoxy) is 1. The van der Waals surface area contributed by atoms with Gasteiger partial charge in [-0.3, -0.25) is 9.59 Å². The standard InChI is InChI=1S/C21H24ClN3O4/c1-2-29-21(28)24-11-9-17(10-12-24)23-20(27)16-7-8-19(26)25(14-16)13-15-5-3-4-6-18(15)22/h3-8,14,17H,2,9-13H2,1H3,(H,23,27). The Morgan fingerprint density at radius 2 is 1.90 bits per heavy atom. The van der Waals surface area contributed by atoms with Gasteiger partial charge in [0.2, 0.25) is 0 Å². The molecule has 0 atom stereocenters. The van der Waals surface area contributed by atoms with Crippen molar-refractivity contribution in [2.24, 2.45) is 0 Å². The van der Waals surface area contributed by atoms with Gasteiger partial charge in [-0.25, -0.2) is 4.79 Å². The molecule has 7 nitrogen and oxygen atoms in total. The van der Waals surface area contributed by atoms with Crippen LogP contribution >= 0.6 is 11.6 Å². The molecule has 1 fully saturated rings. The highest BCUT2D eigenvalue weighted by Gasteiger charge is 2.25. The fourth-order valence-corrected chi connectivity index (χ4v) is 3.48. The van der Waals surface area contributed by atoms with Crippen LogP contribution in [0.25, 0.3) is 0 Å². The van der Waals surface area contributed by atoms with Crippen LogP contribution in [0.15, 0.2) is 47.4 Å². The van der Waals surface area contributed by atoms with Gasteiger partial charge in [0, 0.05) is 36.4 Å². The van der Waals surface area contributed by atoms with Crippen LogP contribution in [0.5, 0.6) is 0 Å². The van der Waals surface area contributed by atoms with E-state index in [1.807, 2.05) is 18.2 Å². The van der Waals surface area contributed by atoms with E-state index in [2.05, 4.69) is 5.32 Å². The molecule has 0 radical (unpaired) electrons. The first-order chi connectivity index (χ1) is 14.0. The van der Waals surface area contributed by atoms with Crippen LogP contribution in [0.3, 0.4) is 0 Å². The van der Waals surface area contributed by atoms with Crippen LogP contribution < -0.4 is 10.9 Å². The van der Waals surface area contributed by atoms with Crippen LogP contribution in [0, 0.1) is 0 Å². The van der Waals surface area contributed by atoms with Gasteiger partial charge < -0.3 is 19.5 Å². The summed E-state index contributed by atoms with van der Waals surface area (Å²) in [5.41, 5.74) is 1.01. The van der Waals surface area contributed by atoms with Crippen molar-refractivity contribution in [3.8, 4) is 0 Å². The zero-order valence-electron chi connectivity index (χ0n) is 16.3. The van der Waals surface area contributed by atoms with Gasteiger partial charge in [-0.2, -0.15) is 0 Å². The average molecular weight is 418 g/mol. The molecule has 8 heteroatoms. The van der Waals surface area contributed by atoms with Crippen LogP contribution in [-0.4, -0.2) is 47.2 Å². The maximum Gasteiger partial charge on any atom is 0.409 e. The number of nitrogens with one attached hydrogen (secondary N) is 1. The number of likely N-dealkylation sites (tertiary alicyclic amines) is 1. The van der Waals surface area contributed by atoms with Crippen molar-refractivity contribution in [1.29, 1.82) is 0 Å². The lowest BCUT2D eigenvalue weighted by molar-refractivity contribution is 0.0859. The molecular weight excluding hydrogens is 394 g/mol. The summed E-state index contributed by atoms with van der Waals surface area (Å²) in [6, 6.07) is 10.2. The molecule has 1 aliphatic rings. The van der Waals surface area contributed by atoms with E-state index >= 15 is 0 Å². The molecule has 0 unspecified atom stereocenters. The normalized spacial score (nSPS) is 14.5. The summed E-state index contributed by atoms with van der Waals surface area (Å²) in [4.78, 5) is 38.3. The number of halogens is 1. The molecule has 0 aliphatic carbocycles. The van der Waals surface area contributed by atoms with Crippen LogP contribution in [-0.2, 0) is 11.3 Å². The average Bonchev–Trinajstić information content (AvgIpc) is 2.72. The first-order valence-corrected chi connectivity index (χ1v) is 10.0. The Kier molecular flexibility index (Phi) is 6.93. The summed E-state index contributed by atoms with van der Waals surface area (Å²) in [5.74, 6) is -0.243. The van der Waals surface area contributed by atoms with Gasteiger partial charge in [-0.05, 0) is 37.5 Å². The van der Waals surface area contributed by atoms with E-state index in [1.165, 1.54) is 16.7 Å². The summed E-state index contributed by atoms with van der Waals surface area (Å²) in [6.07, 6.45) is 2.55. The van der Waals surface area contributed by atoms with Gasteiger partial charge >= 0.3 is 6.09 Å². The van der Waals surface area contributed by atoms with E-state index in [4.69, 9.17) is 16.3 Å². The van der Waals surface area contributed by atoms with Crippen LogP contribution in [0.4, 0.5) is 4.79 Å². The smallest absolute Gasteiger partial charge is 0.409 e. The second-order valence-electron chi connectivity index (χ2n) is 6.91. The predicted octanol–water partition coefficient (Wildman–Crippen LogP) is 2.90. The highest BCUT2D eigenvalue weighted by atomic mass is 35.5. The van der Waals surface area contributed by atoms with Gasteiger partial charge in [0.25, 0.3) is 11.5 Å². The largest absolute Gasteiger partial charge is 0.450 e. The van der Waals surface area contributed by atoms with Crippen molar-refractivity contribution in [2.75, 3.05) is 19.7 Å². The van der Waals surface area contributed by atoms with Gasteiger partial charge in [0.1, 0.15) is 0 Å². The monoisotopic (exact) mass is 417 g/mol. The van der Waals surface area contributed by atoms with Crippen molar-refractivity contribution >= 4 is 23.6 Å². The number of hydrogen-bond donors (Lipinski definition) is 1. The van der Waals surface area contributed by atoms with Crippen LogP contribution in [0.2, 0.25) is 5.02 Å². The number of rotatable bonds is 5. The summed E-state index contributed by atoms with van der Waals surface area (Å²) >= 11 is 6.18. The highest BCUT2D eigenvalue weighted by molar-refractivity contribution is 6.31. The van der Waals surface area contributed by atoms with Crippen LogP contribution in [0.1, 0.15) is 35.7 Å². The van der Waals surface area contributed by atoms with Gasteiger partial charge in [-0.1, -0.05) is 29.8 Å². The minimum absolute atomic E-state index is 0.0304. The molecule has 1 saturated heterocycles.